The van der Waals surface area contributed by atoms with Crippen molar-refractivity contribution < 1.29 is 9.53 Å². The molecule has 1 aromatic carbocycles. The number of hydrogen-bond donors (Lipinski definition) is 0. The van der Waals surface area contributed by atoms with Gasteiger partial charge in [-0.3, -0.25) is 14.2 Å². The van der Waals surface area contributed by atoms with Crippen molar-refractivity contribution in [3.63, 3.8) is 0 Å². The SMILES string of the molecule is COCCn1c(SCC(=O)N(C)Cc2cccs2)nc2ccccc2c1=O. The van der Waals surface area contributed by atoms with Gasteiger partial charge in [-0.05, 0) is 23.6 Å². The number of hydrogen-bond acceptors (Lipinski definition) is 6. The Bertz CT molecular complexity index is 970. The number of methoxy groups -OCH3 is 1. The minimum atomic E-state index is -0.112. The van der Waals surface area contributed by atoms with Crippen LogP contribution in [0.2, 0.25) is 0 Å². The van der Waals surface area contributed by atoms with Crippen LogP contribution < -0.4 is 5.56 Å². The van der Waals surface area contributed by atoms with E-state index in [-0.39, 0.29) is 17.2 Å². The van der Waals surface area contributed by atoms with Gasteiger partial charge in [-0.25, -0.2) is 4.98 Å². The highest BCUT2D eigenvalue weighted by atomic mass is 32.2. The van der Waals surface area contributed by atoms with E-state index in [9.17, 15) is 9.59 Å². The van der Waals surface area contributed by atoms with E-state index < -0.39 is 0 Å². The number of benzene rings is 1. The predicted molar refractivity (Wildman–Crippen MR) is 109 cm³/mol. The molecule has 0 saturated carbocycles. The maximum atomic E-state index is 12.8. The number of rotatable bonds is 8. The molecular weight excluding hydrogens is 382 g/mol. The zero-order valence-electron chi connectivity index (χ0n) is 15.3. The molecule has 0 bridgehead atoms. The van der Waals surface area contributed by atoms with Gasteiger partial charge >= 0.3 is 0 Å². The van der Waals surface area contributed by atoms with Gasteiger partial charge in [-0.2, -0.15) is 0 Å². The van der Waals surface area contributed by atoms with Crippen molar-refractivity contribution in [3.8, 4) is 0 Å². The number of thioether (sulfide) groups is 1. The molecule has 6 nitrogen and oxygen atoms in total. The lowest BCUT2D eigenvalue weighted by atomic mass is 10.2. The molecule has 3 rings (SSSR count). The minimum Gasteiger partial charge on any atom is -0.383 e. The van der Waals surface area contributed by atoms with Crippen molar-refractivity contribution in [1.29, 1.82) is 0 Å². The molecule has 2 aromatic heterocycles. The number of carbonyl (C=O) groups excluding carboxylic acids is 1. The van der Waals surface area contributed by atoms with E-state index in [1.54, 1.807) is 41.0 Å². The molecule has 0 radical (unpaired) electrons. The van der Waals surface area contributed by atoms with E-state index in [1.807, 2.05) is 35.7 Å². The number of thiophene rings is 1. The van der Waals surface area contributed by atoms with Crippen LogP contribution >= 0.6 is 23.1 Å². The number of fused-ring (bicyclic) bond motifs is 1. The lowest BCUT2D eigenvalue weighted by molar-refractivity contribution is -0.127. The molecule has 0 atom stereocenters. The van der Waals surface area contributed by atoms with Gasteiger partial charge in [-0.15, -0.1) is 11.3 Å². The molecule has 0 fully saturated rings. The van der Waals surface area contributed by atoms with Crippen LogP contribution in [0.1, 0.15) is 4.88 Å². The maximum absolute atomic E-state index is 12.8. The lowest BCUT2D eigenvalue weighted by Gasteiger charge is -2.17. The molecule has 8 heteroatoms. The van der Waals surface area contributed by atoms with Gasteiger partial charge < -0.3 is 9.64 Å². The molecule has 0 aliphatic heterocycles. The van der Waals surface area contributed by atoms with Crippen LogP contribution in [0, 0.1) is 0 Å². The highest BCUT2D eigenvalue weighted by Gasteiger charge is 2.15. The third-order valence-corrected chi connectivity index (χ3v) is 5.89. The number of ether oxygens (including phenoxy) is 1. The molecule has 0 N–H and O–H groups in total. The summed E-state index contributed by atoms with van der Waals surface area (Å²) in [6.45, 7) is 1.38. The first-order valence-electron chi connectivity index (χ1n) is 8.48. The molecule has 142 valence electrons. The van der Waals surface area contributed by atoms with Crippen LogP contribution in [0.15, 0.2) is 51.7 Å². The average Bonchev–Trinajstić information content (AvgIpc) is 3.18. The van der Waals surface area contributed by atoms with Crippen LogP contribution in [-0.4, -0.2) is 46.9 Å². The van der Waals surface area contributed by atoms with Gasteiger partial charge in [0.15, 0.2) is 5.16 Å². The normalized spacial score (nSPS) is 11.0. The quantitative estimate of drug-likeness (QED) is 0.427. The van der Waals surface area contributed by atoms with Crippen LogP contribution in [0.5, 0.6) is 0 Å². The number of carbonyl (C=O) groups is 1. The molecule has 3 aromatic rings. The molecule has 1 amide bonds. The number of para-hydroxylation sites is 1. The Morgan fingerprint density at radius 1 is 1.30 bits per heavy atom. The van der Waals surface area contributed by atoms with Crippen LogP contribution in [0.3, 0.4) is 0 Å². The third-order valence-electron chi connectivity index (χ3n) is 4.07. The van der Waals surface area contributed by atoms with Gasteiger partial charge in [0, 0.05) is 19.0 Å². The van der Waals surface area contributed by atoms with Gasteiger partial charge in [-0.1, -0.05) is 30.0 Å². The fourth-order valence-electron chi connectivity index (χ4n) is 2.60. The zero-order valence-corrected chi connectivity index (χ0v) is 16.9. The highest BCUT2D eigenvalue weighted by Crippen LogP contribution is 2.19. The molecule has 0 spiro atoms. The standard InChI is InChI=1S/C19H21N3O3S2/c1-21(12-14-6-5-11-26-14)17(23)13-27-19-20-16-8-4-3-7-15(16)18(24)22(19)9-10-25-2/h3-8,11H,9-10,12-13H2,1-2H3. The summed E-state index contributed by atoms with van der Waals surface area (Å²) in [7, 11) is 3.38. The first kappa shape index (κ1) is 19.6. The smallest absolute Gasteiger partial charge is 0.262 e. The second-order valence-corrected chi connectivity index (χ2v) is 7.95. The minimum absolute atomic E-state index is 0.00546. The van der Waals surface area contributed by atoms with Crippen molar-refractivity contribution in [1.82, 2.24) is 14.5 Å². The Hall–Kier alpha value is -2.16. The molecular formula is C19H21N3O3S2. The summed E-state index contributed by atoms with van der Waals surface area (Å²) in [6, 6.07) is 11.2. The van der Waals surface area contributed by atoms with Crippen molar-refractivity contribution >= 4 is 39.9 Å². The Labute approximate surface area is 165 Å². The second-order valence-electron chi connectivity index (χ2n) is 5.98. The van der Waals surface area contributed by atoms with E-state index >= 15 is 0 Å². The summed E-state index contributed by atoms with van der Waals surface area (Å²) in [5.74, 6) is 0.216. The molecule has 0 unspecified atom stereocenters. The molecule has 27 heavy (non-hydrogen) atoms. The second kappa shape index (κ2) is 9.16. The lowest BCUT2D eigenvalue weighted by Crippen LogP contribution is -2.29. The van der Waals surface area contributed by atoms with Gasteiger partial charge in [0.2, 0.25) is 5.91 Å². The fourth-order valence-corrected chi connectivity index (χ4v) is 4.32. The topological polar surface area (TPSA) is 64.4 Å². The van der Waals surface area contributed by atoms with Crippen LogP contribution in [0.25, 0.3) is 10.9 Å². The number of aromatic nitrogens is 2. The van der Waals surface area contributed by atoms with Crippen LogP contribution in [-0.2, 0) is 22.6 Å². The van der Waals surface area contributed by atoms with Gasteiger partial charge in [0.05, 0.1) is 36.4 Å². The predicted octanol–water partition coefficient (Wildman–Crippen LogP) is 2.86. The van der Waals surface area contributed by atoms with E-state index in [0.717, 1.165) is 4.88 Å². The molecule has 0 aliphatic rings. The van der Waals surface area contributed by atoms with E-state index in [2.05, 4.69) is 4.98 Å². The Morgan fingerprint density at radius 2 is 2.11 bits per heavy atom. The summed E-state index contributed by atoms with van der Waals surface area (Å²) in [5, 5.41) is 3.10. The Balaban J connectivity index is 1.78. The number of nitrogens with zero attached hydrogens (tertiary/aromatic N) is 3. The Kier molecular flexibility index (Phi) is 6.65. The summed E-state index contributed by atoms with van der Waals surface area (Å²) >= 11 is 2.91. The first-order valence-corrected chi connectivity index (χ1v) is 10.3. The molecule has 0 saturated heterocycles. The third kappa shape index (κ3) is 4.77. The average molecular weight is 404 g/mol. The summed E-state index contributed by atoms with van der Waals surface area (Å²) in [4.78, 5) is 32.7. The molecule has 2 heterocycles. The van der Waals surface area contributed by atoms with E-state index in [4.69, 9.17) is 4.74 Å². The fraction of sp³-hybridized carbons (Fsp3) is 0.316. The zero-order chi connectivity index (χ0) is 19.2. The van der Waals surface area contributed by atoms with E-state index in [1.165, 1.54) is 11.8 Å². The van der Waals surface area contributed by atoms with Crippen molar-refractivity contribution in [3.05, 3.63) is 57.0 Å². The maximum Gasteiger partial charge on any atom is 0.262 e. The van der Waals surface area contributed by atoms with Crippen molar-refractivity contribution in [2.24, 2.45) is 0 Å². The summed E-state index contributed by atoms with van der Waals surface area (Å²) in [6.07, 6.45) is 0. The monoisotopic (exact) mass is 403 g/mol. The van der Waals surface area contributed by atoms with Crippen molar-refractivity contribution in [2.75, 3.05) is 26.5 Å². The highest BCUT2D eigenvalue weighted by molar-refractivity contribution is 7.99. The summed E-state index contributed by atoms with van der Waals surface area (Å²) in [5.41, 5.74) is 0.526. The van der Waals surface area contributed by atoms with Crippen LogP contribution in [0.4, 0.5) is 0 Å². The van der Waals surface area contributed by atoms with Crippen molar-refractivity contribution in [2.45, 2.75) is 18.2 Å². The largest absolute Gasteiger partial charge is 0.383 e. The van der Waals surface area contributed by atoms with Gasteiger partial charge in [0.25, 0.3) is 5.56 Å². The van der Waals surface area contributed by atoms with Gasteiger partial charge in [0.1, 0.15) is 0 Å². The number of amides is 1. The van der Waals surface area contributed by atoms with E-state index in [0.29, 0.717) is 35.8 Å². The Morgan fingerprint density at radius 3 is 2.85 bits per heavy atom. The summed E-state index contributed by atoms with van der Waals surface area (Å²) < 4.78 is 6.71. The molecule has 0 aliphatic carbocycles. The first-order chi connectivity index (χ1) is 13.1.